The summed E-state index contributed by atoms with van der Waals surface area (Å²) in [6.45, 7) is 4.17. The maximum Gasteiger partial charge on any atom is 0.220 e. The predicted octanol–water partition coefficient (Wildman–Crippen LogP) is 4.66. The molecule has 0 bridgehead atoms. The minimum Gasteiger partial charge on any atom is -0.349 e. The van der Waals surface area contributed by atoms with Gasteiger partial charge in [0.15, 0.2) is 0 Å². The van der Waals surface area contributed by atoms with Crippen LogP contribution in [-0.4, -0.2) is 5.91 Å². The molecule has 0 aromatic heterocycles. The number of nitriles is 1. The van der Waals surface area contributed by atoms with Gasteiger partial charge in [-0.2, -0.15) is 5.26 Å². The van der Waals surface area contributed by atoms with E-state index >= 15 is 0 Å². The summed E-state index contributed by atoms with van der Waals surface area (Å²) >= 11 is 5.93. The zero-order valence-electron chi connectivity index (χ0n) is 13.9. The largest absolute Gasteiger partial charge is 0.349 e. The standard InChI is InChI=1S/C20H21ClN2O/c1-14(2)20(17-8-10-18(21)11-9-17)23-19(24)12-7-15-3-5-16(13-22)6-4-15/h3-6,8-11,14,20H,7,12H2,1-2H3,(H,23,24). The second-order valence-electron chi connectivity index (χ2n) is 6.15. The first-order valence-electron chi connectivity index (χ1n) is 8.03. The first-order chi connectivity index (χ1) is 11.5. The average molecular weight is 341 g/mol. The molecular formula is C20H21ClN2O. The van der Waals surface area contributed by atoms with Crippen LogP contribution in [0.1, 0.15) is 43.0 Å². The van der Waals surface area contributed by atoms with Gasteiger partial charge >= 0.3 is 0 Å². The molecule has 2 aromatic rings. The summed E-state index contributed by atoms with van der Waals surface area (Å²) in [6, 6.07) is 17.0. The molecule has 4 heteroatoms. The van der Waals surface area contributed by atoms with E-state index in [-0.39, 0.29) is 17.9 Å². The summed E-state index contributed by atoms with van der Waals surface area (Å²) in [5.41, 5.74) is 2.74. The molecule has 0 aliphatic heterocycles. The van der Waals surface area contributed by atoms with Crippen molar-refractivity contribution in [1.29, 1.82) is 5.26 Å². The molecule has 0 aliphatic rings. The van der Waals surface area contributed by atoms with Gasteiger partial charge in [0.2, 0.25) is 5.91 Å². The number of hydrogen-bond acceptors (Lipinski definition) is 2. The van der Waals surface area contributed by atoms with Crippen molar-refractivity contribution in [2.75, 3.05) is 0 Å². The van der Waals surface area contributed by atoms with E-state index in [9.17, 15) is 4.79 Å². The lowest BCUT2D eigenvalue weighted by molar-refractivity contribution is -0.122. The van der Waals surface area contributed by atoms with Gasteiger partial charge in [-0.05, 0) is 47.7 Å². The molecule has 0 radical (unpaired) electrons. The molecule has 0 spiro atoms. The van der Waals surface area contributed by atoms with Gasteiger partial charge in [0.25, 0.3) is 0 Å². The Balaban J connectivity index is 1.95. The lowest BCUT2D eigenvalue weighted by atomic mass is 9.95. The number of nitrogens with zero attached hydrogens (tertiary/aromatic N) is 1. The van der Waals surface area contributed by atoms with Crippen LogP contribution in [0.15, 0.2) is 48.5 Å². The second kappa shape index (κ2) is 8.52. The maximum atomic E-state index is 12.3. The van der Waals surface area contributed by atoms with Crippen molar-refractivity contribution in [3.05, 3.63) is 70.2 Å². The van der Waals surface area contributed by atoms with Crippen molar-refractivity contribution in [1.82, 2.24) is 5.32 Å². The number of carbonyl (C=O) groups excluding carboxylic acids is 1. The second-order valence-corrected chi connectivity index (χ2v) is 6.59. The summed E-state index contributed by atoms with van der Waals surface area (Å²) in [5, 5.41) is 12.6. The maximum absolute atomic E-state index is 12.3. The van der Waals surface area contributed by atoms with Crippen molar-refractivity contribution in [2.45, 2.75) is 32.7 Å². The zero-order chi connectivity index (χ0) is 17.5. The number of benzene rings is 2. The Morgan fingerprint density at radius 2 is 1.75 bits per heavy atom. The van der Waals surface area contributed by atoms with E-state index in [1.54, 1.807) is 12.1 Å². The fourth-order valence-corrected chi connectivity index (χ4v) is 2.68. The number of hydrogen-bond donors (Lipinski definition) is 1. The van der Waals surface area contributed by atoms with Crippen LogP contribution in [-0.2, 0) is 11.2 Å². The fourth-order valence-electron chi connectivity index (χ4n) is 2.55. The molecule has 0 saturated carbocycles. The number of nitrogens with one attached hydrogen (secondary N) is 1. The van der Waals surface area contributed by atoms with Crippen molar-refractivity contribution >= 4 is 17.5 Å². The topological polar surface area (TPSA) is 52.9 Å². The normalized spacial score (nSPS) is 11.8. The lowest BCUT2D eigenvalue weighted by Crippen LogP contribution is -2.31. The Morgan fingerprint density at radius 1 is 1.12 bits per heavy atom. The van der Waals surface area contributed by atoms with Gasteiger partial charge in [-0.3, -0.25) is 4.79 Å². The van der Waals surface area contributed by atoms with Crippen LogP contribution in [0.3, 0.4) is 0 Å². The van der Waals surface area contributed by atoms with Crippen molar-refractivity contribution in [2.24, 2.45) is 5.92 Å². The Kier molecular flexibility index (Phi) is 6.40. The third-order valence-corrected chi connectivity index (χ3v) is 4.19. The number of amides is 1. The lowest BCUT2D eigenvalue weighted by Gasteiger charge is -2.23. The van der Waals surface area contributed by atoms with E-state index in [2.05, 4.69) is 25.2 Å². The van der Waals surface area contributed by atoms with E-state index in [1.807, 2.05) is 36.4 Å². The van der Waals surface area contributed by atoms with Crippen LogP contribution in [0, 0.1) is 17.2 Å². The van der Waals surface area contributed by atoms with Crippen molar-refractivity contribution in [3.8, 4) is 6.07 Å². The molecule has 0 heterocycles. The van der Waals surface area contributed by atoms with E-state index in [0.717, 1.165) is 11.1 Å². The van der Waals surface area contributed by atoms with Gasteiger partial charge in [-0.25, -0.2) is 0 Å². The molecule has 3 nitrogen and oxygen atoms in total. The highest BCUT2D eigenvalue weighted by Crippen LogP contribution is 2.23. The first-order valence-corrected chi connectivity index (χ1v) is 8.41. The van der Waals surface area contributed by atoms with Crippen LogP contribution in [0.5, 0.6) is 0 Å². The molecule has 1 unspecified atom stereocenters. The predicted molar refractivity (Wildman–Crippen MR) is 96.7 cm³/mol. The fraction of sp³-hybridized carbons (Fsp3) is 0.300. The Hall–Kier alpha value is -2.31. The van der Waals surface area contributed by atoms with Gasteiger partial charge in [-0.15, -0.1) is 0 Å². The van der Waals surface area contributed by atoms with Crippen molar-refractivity contribution < 1.29 is 4.79 Å². The molecule has 124 valence electrons. The third-order valence-electron chi connectivity index (χ3n) is 3.94. The van der Waals surface area contributed by atoms with Crippen LogP contribution >= 0.6 is 11.6 Å². The molecule has 1 N–H and O–H groups in total. The van der Waals surface area contributed by atoms with Gasteiger partial charge in [-0.1, -0.05) is 49.7 Å². The monoisotopic (exact) mass is 340 g/mol. The molecule has 24 heavy (non-hydrogen) atoms. The van der Waals surface area contributed by atoms with Gasteiger partial charge < -0.3 is 5.32 Å². The molecule has 1 amide bonds. The van der Waals surface area contributed by atoms with Gasteiger partial charge in [0.1, 0.15) is 0 Å². The smallest absolute Gasteiger partial charge is 0.220 e. The highest BCUT2D eigenvalue weighted by Gasteiger charge is 2.18. The van der Waals surface area contributed by atoms with E-state index in [4.69, 9.17) is 16.9 Å². The van der Waals surface area contributed by atoms with E-state index in [1.165, 1.54) is 0 Å². The first kappa shape index (κ1) is 18.0. The summed E-state index contributed by atoms with van der Waals surface area (Å²) in [7, 11) is 0. The number of carbonyl (C=O) groups is 1. The molecule has 0 aliphatic carbocycles. The average Bonchev–Trinajstić information content (AvgIpc) is 2.59. The molecule has 0 saturated heterocycles. The molecular weight excluding hydrogens is 320 g/mol. The highest BCUT2D eigenvalue weighted by atomic mass is 35.5. The summed E-state index contributed by atoms with van der Waals surface area (Å²) in [5.74, 6) is 0.304. The van der Waals surface area contributed by atoms with E-state index in [0.29, 0.717) is 23.4 Å². The van der Waals surface area contributed by atoms with Crippen LogP contribution in [0.25, 0.3) is 0 Å². The van der Waals surface area contributed by atoms with Gasteiger partial charge in [0.05, 0.1) is 17.7 Å². The minimum absolute atomic E-state index is 0.0213. The Labute approximate surface area is 148 Å². The quantitative estimate of drug-likeness (QED) is 0.831. The highest BCUT2D eigenvalue weighted by molar-refractivity contribution is 6.30. The molecule has 2 rings (SSSR count). The third kappa shape index (κ3) is 5.11. The molecule has 2 aromatic carbocycles. The Bertz CT molecular complexity index is 715. The number of aryl methyl sites for hydroxylation is 1. The molecule has 1 atom stereocenters. The van der Waals surface area contributed by atoms with E-state index < -0.39 is 0 Å². The summed E-state index contributed by atoms with van der Waals surface area (Å²) in [4.78, 5) is 12.3. The number of rotatable bonds is 6. The summed E-state index contributed by atoms with van der Waals surface area (Å²) in [6.07, 6.45) is 1.08. The summed E-state index contributed by atoms with van der Waals surface area (Å²) < 4.78 is 0. The Morgan fingerprint density at radius 3 is 2.29 bits per heavy atom. The van der Waals surface area contributed by atoms with Crippen molar-refractivity contribution in [3.63, 3.8) is 0 Å². The minimum atomic E-state index is -0.0317. The number of halogens is 1. The van der Waals surface area contributed by atoms with Crippen LogP contribution in [0.2, 0.25) is 5.02 Å². The van der Waals surface area contributed by atoms with Crippen LogP contribution < -0.4 is 5.32 Å². The zero-order valence-corrected chi connectivity index (χ0v) is 14.7. The molecule has 0 fully saturated rings. The van der Waals surface area contributed by atoms with Crippen LogP contribution in [0.4, 0.5) is 0 Å². The van der Waals surface area contributed by atoms with Gasteiger partial charge in [0, 0.05) is 11.4 Å². The SMILES string of the molecule is CC(C)C(NC(=O)CCc1ccc(C#N)cc1)c1ccc(Cl)cc1.